The number of hydrogen-bond donors (Lipinski definition) is 1. The van der Waals surface area contributed by atoms with Gasteiger partial charge in [-0.05, 0) is 38.3 Å². The van der Waals surface area contributed by atoms with Crippen LogP contribution in [0.4, 0.5) is 0 Å². The van der Waals surface area contributed by atoms with Gasteiger partial charge in [-0.2, -0.15) is 0 Å². The van der Waals surface area contributed by atoms with E-state index in [1.165, 1.54) is 17.0 Å². The van der Waals surface area contributed by atoms with E-state index in [-0.39, 0.29) is 6.10 Å². The van der Waals surface area contributed by atoms with Crippen LogP contribution in [0.5, 0.6) is 0 Å². The van der Waals surface area contributed by atoms with E-state index in [1.807, 2.05) is 6.92 Å². The summed E-state index contributed by atoms with van der Waals surface area (Å²) in [7, 11) is 0. The number of rotatable bonds is 6. The maximum absolute atomic E-state index is 5.81. The number of nitrogens with one attached hydrogen (secondary N) is 1. The lowest BCUT2D eigenvalue weighted by atomic mass is 10.0. The normalized spacial score (nSPS) is 16.2. The van der Waals surface area contributed by atoms with Crippen molar-refractivity contribution in [3.63, 3.8) is 0 Å². The largest absolute Gasteiger partial charge is 0.371 e. The molecule has 0 amide bonds. The average molecular weight is 263 g/mol. The molecule has 0 spiro atoms. The minimum Gasteiger partial charge on any atom is -0.371 e. The highest BCUT2D eigenvalue weighted by Gasteiger charge is 2.20. The van der Waals surface area contributed by atoms with Gasteiger partial charge in [-0.15, -0.1) is 0 Å². The lowest BCUT2D eigenvalue weighted by Crippen LogP contribution is -2.27. The Labute approximate surface area is 116 Å². The topological polar surface area (TPSA) is 47.0 Å². The van der Waals surface area contributed by atoms with Gasteiger partial charge in [0.1, 0.15) is 6.10 Å². The Morgan fingerprint density at radius 2 is 2.11 bits per heavy atom. The number of ether oxygens (including phenoxy) is 1. The molecule has 19 heavy (non-hydrogen) atoms. The van der Waals surface area contributed by atoms with Crippen molar-refractivity contribution in [2.75, 3.05) is 13.2 Å². The molecule has 1 aromatic rings. The minimum absolute atomic E-state index is 0.0486. The van der Waals surface area contributed by atoms with E-state index in [0.717, 1.165) is 44.6 Å². The van der Waals surface area contributed by atoms with Gasteiger partial charge < -0.3 is 10.1 Å². The number of aromatic nitrogens is 2. The average Bonchev–Trinajstić information content (AvgIpc) is 2.46. The zero-order valence-electron chi connectivity index (χ0n) is 12.3. The van der Waals surface area contributed by atoms with Crippen molar-refractivity contribution in [2.45, 2.75) is 59.1 Å². The predicted molar refractivity (Wildman–Crippen MR) is 76.1 cm³/mol. The molecule has 0 bridgehead atoms. The number of fused-ring (bicyclic) bond motifs is 1. The van der Waals surface area contributed by atoms with E-state index in [0.29, 0.717) is 6.61 Å². The van der Waals surface area contributed by atoms with E-state index in [2.05, 4.69) is 19.2 Å². The zero-order valence-corrected chi connectivity index (χ0v) is 12.3. The third kappa shape index (κ3) is 3.31. The molecule has 0 aromatic carbocycles. The summed E-state index contributed by atoms with van der Waals surface area (Å²) in [5, 5.41) is 3.39. The first kappa shape index (κ1) is 14.4. The number of hydrogen-bond acceptors (Lipinski definition) is 4. The van der Waals surface area contributed by atoms with E-state index in [1.54, 1.807) is 0 Å². The molecular formula is C15H25N3O. The second kappa shape index (κ2) is 6.96. The van der Waals surface area contributed by atoms with Gasteiger partial charge in [-0.3, -0.25) is 0 Å². The molecule has 1 aromatic heterocycles. The highest BCUT2D eigenvalue weighted by atomic mass is 16.5. The Kier molecular flexibility index (Phi) is 5.28. The quantitative estimate of drug-likeness (QED) is 0.857. The summed E-state index contributed by atoms with van der Waals surface area (Å²) in [5.41, 5.74) is 3.74. The Morgan fingerprint density at radius 3 is 2.79 bits per heavy atom. The number of nitrogens with zero attached hydrogens (tertiary/aromatic N) is 2. The summed E-state index contributed by atoms with van der Waals surface area (Å²) in [6.45, 7) is 8.99. The van der Waals surface area contributed by atoms with Crippen molar-refractivity contribution in [2.24, 2.45) is 0 Å². The number of aryl methyl sites for hydroxylation is 1. The lowest BCUT2D eigenvalue weighted by Gasteiger charge is -2.22. The Bertz CT molecular complexity index is 397. The van der Waals surface area contributed by atoms with Crippen molar-refractivity contribution >= 4 is 0 Å². The Morgan fingerprint density at radius 1 is 1.26 bits per heavy atom. The van der Waals surface area contributed by atoms with Crippen LogP contribution >= 0.6 is 0 Å². The maximum atomic E-state index is 5.81. The molecule has 0 saturated carbocycles. The monoisotopic (exact) mass is 263 g/mol. The third-order valence-electron chi connectivity index (χ3n) is 3.58. The predicted octanol–water partition coefficient (Wildman–Crippen LogP) is 2.56. The van der Waals surface area contributed by atoms with Crippen LogP contribution in [0.3, 0.4) is 0 Å². The molecule has 2 heterocycles. The van der Waals surface area contributed by atoms with Crippen molar-refractivity contribution in [3.8, 4) is 0 Å². The summed E-state index contributed by atoms with van der Waals surface area (Å²) in [4.78, 5) is 9.54. The molecule has 0 saturated heterocycles. The second-order valence-electron chi connectivity index (χ2n) is 4.97. The Balaban J connectivity index is 2.34. The van der Waals surface area contributed by atoms with Gasteiger partial charge in [-0.1, -0.05) is 20.3 Å². The summed E-state index contributed by atoms with van der Waals surface area (Å²) >= 11 is 0. The summed E-state index contributed by atoms with van der Waals surface area (Å²) in [6.07, 6.45) is 4.15. The first-order chi connectivity index (χ1) is 9.30. The van der Waals surface area contributed by atoms with Crippen LogP contribution < -0.4 is 5.32 Å². The molecule has 4 nitrogen and oxygen atoms in total. The highest BCUT2D eigenvalue weighted by molar-refractivity contribution is 5.29. The van der Waals surface area contributed by atoms with Crippen molar-refractivity contribution < 1.29 is 4.74 Å². The van der Waals surface area contributed by atoms with Crippen molar-refractivity contribution in [1.29, 1.82) is 0 Å². The van der Waals surface area contributed by atoms with E-state index >= 15 is 0 Å². The van der Waals surface area contributed by atoms with Gasteiger partial charge in [0, 0.05) is 18.8 Å². The SMILES string of the molecule is CCCC(OCC)c1nc(CC)c2c(n1)CNCC2. The van der Waals surface area contributed by atoms with Gasteiger partial charge in [0.05, 0.1) is 5.69 Å². The Hall–Kier alpha value is -1.00. The van der Waals surface area contributed by atoms with Gasteiger partial charge in [0.15, 0.2) is 5.82 Å². The smallest absolute Gasteiger partial charge is 0.157 e. The molecule has 2 rings (SSSR count). The minimum atomic E-state index is 0.0486. The maximum Gasteiger partial charge on any atom is 0.157 e. The van der Waals surface area contributed by atoms with E-state index in [9.17, 15) is 0 Å². The van der Waals surface area contributed by atoms with Crippen molar-refractivity contribution in [1.82, 2.24) is 15.3 Å². The molecule has 4 heteroatoms. The third-order valence-corrected chi connectivity index (χ3v) is 3.58. The summed E-state index contributed by atoms with van der Waals surface area (Å²) in [5.74, 6) is 0.878. The first-order valence-corrected chi connectivity index (χ1v) is 7.50. The van der Waals surface area contributed by atoms with Crippen LogP contribution in [-0.4, -0.2) is 23.1 Å². The zero-order chi connectivity index (χ0) is 13.7. The first-order valence-electron chi connectivity index (χ1n) is 7.50. The van der Waals surface area contributed by atoms with Gasteiger partial charge in [0.25, 0.3) is 0 Å². The van der Waals surface area contributed by atoms with Gasteiger partial charge >= 0.3 is 0 Å². The second-order valence-corrected chi connectivity index (χ2v) is 4.97. The van der Waals surface area contributed by atoms with Gasteiger partial charge in [-0.25, -0.2) is 9.97 Å². The van der Waals surface area contributed by atoms with Crippen LogP contribution in [0.1, 0.15) is 62.5 Å². The molecule has 0 fully saturated rings. The summed E-state index contributed by atoms with van der Waals surface area (Å²) < 4.78 is 5.81. The molecule has 106 valence electrons. The van der Waals surface area contributed by atoms with Crippen molar-refractivity contribution in [3.05, 3.63) is 22.8 Å². The molecule has 1 aliphatic heterocycles. The van der Waals surface area contributed by atoms with Crippen LogP contribution in [0, 0.1) is 0 Å². The molecule has 1 aliphatic rings. The van der Waals surface area contributed by atoms with Gasteiger partial charge in [0.2, 0.25) is 0 Å². The fourth-order valence-corrected chi connectivity index (χ4v) is 2.64. The van der Waals surface area contributed by atoms with Crippen LogP contribution in [0.15, 0.2) is 0 Å². The molecule has 0 radical (unpaired) electrons. The molecule has 1 unspecified atom stereocenters. The molecule has 0 aliphatic carbocycles. The molecule has 1 N–H and O–H groups in total. The van der Waals surface area contributed by atoms with E-state index in [4.69, 9.17) is 14.7 Å². The highest BCUT2D eigenvalue weighted by Crippen LogP contribution is 2.23. The molecule has 1 atom stereocenters. The van der Waals surface area contributed by atoms with E-state index < -0.39 is 0 Å². The molecular weight excluding hydrogens is 238 g/mol. The lowest BCUT2D eigenvalue weighted by molar-refractivity contribution is 0.0489. The van der Waals surface area contributed by atoms with Crippen LogP contribution in [-0.2, 0) is 24.1 Å². The summed E-state index contributed by atoms with van der Waals surface area (Å²) in [6, 6.07) is 0. The standard InChI is InChI=1S/C15H25N3O/c1-4-7-14(19-6-3)15-17-12(5-2)11-8-9-16-10-13(11)18-15/h14,16H,4-10H2,1-3H3. The van der Waals surface area contributed by atoms with Crippen LogP contribution in [0.25, 0.3) is 0 Å². The fraction of sp³-hybridized carbons (Fsp3) is 0.733. The van der Waals surface area contributed by atoms with Crippen LogP contribution in [0.2, 0.25) is 0 Å². The fourth-order valence-electron chi connectivity index (χ4n) is 2.64.